The minimum atomic E-state index is -0.260. The molecule has 0 atom stereocenters. The molecule has 20 heavy (non-hydrogen) atoms. The second-order valence-electron chi connectivity index (χ2n) is 4.44. The number of ketones is 1. The Labute approximate surface area is 115 Å². The van der Waals surface area contributed by atoms with Gasteiger partial charge in [0.15, 0.2) is 5.78 Å². The molecule has 98 valence electrons. The second kappa shape index (κ2) is 5.05. The van der Waals surface area contributed by atoms with Gasteiger partial charge in [0.1, 0.15) is 11.3 Å². The molecule has 0 saturated heterocycles. The highest BCUT2D eigenvalue weighted by Crippen LogP contribution is 2.26. The number of benzene rings is 2. The number of aromatic hydroxyl groups is 1. The van der Waals surface area contributed by atoms with Crippen LogP contribution in [0, 0.1) is 0 Å². The van der Waals surface area contributed by atoms with Gasteiger partial charge in [-0.15, -0.1) is 0 Å². The number of furan rings is 1. The van der Waals surface area contributed by atoms with Gasteiger partial charge >= 0.3 is 0 Å². The summed E-state index contributed by atoms with van der Waals surface area (Å²) in [4.78, 5) is 12.1. The Hall–Kier alpha value is -2.81. The van der Waals surface area contributed by atoms with Gasteiger partial charge in [0.05, 0.1) is 11.8 Å². The SMILES string of the molecule is O=C(C=Cc1ccccc1)c1cc2occc2cc1O. The fraction of sp³-hybridized carbons (Fsp3) is 0. The van der Waals surface area contributed by atoms with Gasteiger partial charge in [-0.3, -0.25) is 4.79 Å². The summed E-state index contributed by atoms with van der Waals surface area (Å²) in [6.07, 6.45) is 4.69. The first-order valence-electron chi connectivity index (χ1n) is 6.22. The first-order valence-corrected chi connectivity index (χ1v) is 6.22. The van der Waals surface area contributed by atoms with Gasteiger partial charge in [-0.1, -0.05) is 36.4 Å². The van der Waals surface area contributed by atoms with Crippen molar-refractivity contribution in [2.75, 3.05) is 0 Å². The lowest BCUT2D eigenvalue weighted by atomic mass is 10.1. The van der Waals surface area contributed by atoms with Crippen LogP contribution in [-0.2, 0) is 0 Å². The second-order valence-corrected chi connectivity index (χ2v) is 4.44. The molecule has 0 unspecified atom stereocenters. The van der Waals surface area contributed by atoms with Gasteiger partial charge in [0.2, 0.25) is 0 Å². The Bertz CT molecular complexity index is 782. The van der Waals surface area contributed by atoms with Gasteiger partial charge in [0.25, 0.3) is 0 Å². The lowest BCUT2D eigenvalue weighted by Crippen LogP contribution is -1.94. The molecule has 3 nitrogen and oxygen atoms in total. The summed E-state index contributed by atoms with van der Waals surface area (Å²) in [6.45, 7) is 0. The highest BCUT2D eigenvalue weighted by Gasteiger charge is 2.11. The van der Waals surface area contributed by atoms with Crippen LogP contribution in [0.1, 0.15) is 15.9 Å². The summed E-state index contributed by atoms with van der Waals surface area (Å²) in [6, 6.07) is 14.3. The molecule has 0 aliphatic rings. The first kappa shape index (κ1) is 12.2. The molecule has 1 aromatic heterocycles. The third-order valence-corrected chi connectivity index (χ3v) is 3.06. The van der Waals surface area contributed by atoms with E-state index >= 15 is 0 Å². The summed E-state index contributed by atoms with van der Waals surface area (Å²) in [7, 11) is 0. The monoisotopic (exact) mass is 264 g/mol. The molecule has 0 bridgehead atoms. The normalized spacial score (nSPS) is 11.2. The molecule has 0 aliphatic heterocycles. The number of carbonyl (C=O) groups excluding carboxylic acids is 1. The largest absolute Gasteiger partial charge is 0.507 e. The quantitative estimate of drug-likeness (QED) is 0.574. The van der Waals surface area contributed by atoms with Crippen LogP contribution in [0.3, 0.4) is 0 Å². The first-order chi connectivity index (χ1) is 9.74. The Morgan fingerprint density at radius 1 is 1.10 bits per heavy atom. The maximum absolute atomic E-state index is 12.1. The van der Waals surface area contributed by atoms with Crippen LogP contribution < -0.4 is 0 Å². The van der Waals surface area contributed by atoms with E-state index in [1.807, 2.05) is 30.3 Å². The summed E-state index contributed by atoms with van der Waals surface area (Å²) in [5, 5.41) is 10.7. The highest BCUT2D eigenvalue weighted by molar-refractivity contribution is 6.10. The number of carbonyl (C=O) groups is 1. The van der Waals surface area contributed by atoms with Crippen molar-refractivity contribution in [3.63, 3.8) is 0 Å². The number of allylic oxidation sites excluding steroid dienone is 1. The van der Waals surface area contributed by atoms with Crippen molar-refractivity contribution < 1.29 is 14.3 Å². The average Bonchev–Trinajstić information content (AvgIpc) is 2.92. The van der Waals surface area contributed by atoms with E-state index in [1.165, 1.54) is 18.4 Å². The van der Waals surface area contributed by atoms with Crippen LogP contribution in [0.25, 0.3) is 17.0 Å². The van der Waals surface area contributed by atoms with Gasteiger partial charge in [-0.05, 0) is 29.8 Å². The topological polar surface area (TPSA) is 50.4 Å². The molecule has 0 radical (unpaired) electrons. The molecule has 1 heterocycles. The molecule has 0 aliphatic carbocycles. The molecule has 0 fully saturated rings. The third-order valence-electron chi connectivity index (χ3n) is 3.06. The maximum Gasteiger partial charge on any atom is 0.189 e. The standard InChI is InChI=1S/C17H12O3/c18-15(7-6-12-4-2-1-3-5-12)14-11-17-13(8-9-20-17)10-16(14)19/h1-11,19H. The minimum absolute atomic E-state index is 0.0402. The van der Waals surface area contributed by atoms with Crippen molar-refractivity contribution in [2.45, 2.75) is 0 Å². The summed E-state index contributed by atoms with van der Waals surface area (Å²) >= 11 is 0. The van der Waals surface area contributed by atoms with Gasteiger partial charge < -0.3 is 9.52 Å². The zero-order chi connectivity index (χ0) is 13.9. The van der Waals surface area contributed by atoms with E-state index in [9.17, 15) is 9.90 Å². The van der Waals surface area contributed by atoms with E-state index in [2.05, 4.69) is 0 Å². The van der Waals surface area contributed by atoms with Gasteiger partial charge in [0, 0.05) is 5.39 Å². The average molecular weight is 264 g/mol. The van der Waals surface area contributed by atoms with Crippen LogP contribution in [0.5, 0.6) is 5.75 Å². The number of phenolic OH excluding ortho intramolecular Hbond substituents is 1. The molecule has 2 aromatic carbocycles. The minimum Gasteiger partial charge on any atom is -0.507 e. The van der Waals surface area contributed by atoms with Gasteiger partial charge in [-0.25, -0.2) is 0 Å². The van der Waals surface area contributed by atoms with Gasteiger partial charge in [-0.2, -0.15) is 0 Å². The van der Waals surface area contributed by atoms with Crippen LogP contribution >= 0.6 is 0 Å². The molecule has 0 saturated carbocycles. The van der Waals surface area contributed by atoms with Crippen LogP contribution in [0.15, 0.2) is 65.3 Å². The maximum atomic E-state index is 12.1. The van der Waals surface area contributed by atoms with Crippen molar-refractivity contribution in [3.8, 4) is 5.75 Å². The lowest BCUT2D eigenvalue weighted by molar-refractivity contribution is 0.104. The zero-order valence-corrected chi connectivity index (χ0v) is 10.6. The molecule has 1 N–H and O–H groups in total. The van der Waals surface area contributed by atoms with E-state index in [1.54, 1.807) is 18.2 Å². The van der Waals surface area contributed by atoms with E-state index in [0.717, 1.165) is 10.9 Å². The Balaban J connectivity index is 1.92. The molecule has 3 rings (SSSR count). The number of hydrogen-bond donors (Lipinski definition) is 1. The number of hydrogen-bond acceptors (Lipinski definition) is 3. The molecular weight excluding hydrogens is 252 g/mol. The summed E-state index contributed by atoms with van der Waals surface area (Å²) < 4.78 is 5.24. The fourth-order valence-corrected chi connectivity index (χ4v) is 2.02. The predicted octanol–water partition coefficient (Wildman–Crippen LogP) is 4.03. The Morgan fingerprint density at radius 2 is 1.90 bits per heavy atom. The molecule has 3 aromatic rings. The lowest BCUT2D eigenvalue weighted by Gasteiger charge is -2.00. The van der Waals surface area contributed by atoms with Crippen molar-refractivity contribution in [3.05, 3.63) is 72.0 Å². The Kier molecular flexibility index (Phi) is 3.09. The molecule has 0 spiro atoms. The third kappa shape index (κ3) is 2.34. The van der Waals surface area contributed by atoms with Crippen molar-refractivity contribution >= 4 is 22.8 Å². The van der Waals surface area contributed by atoms with Crippen molar-refractivity contribution in [2.24, 2.45) is 0 Å². The van der Waals surface area contributed by atoms with Crippen LogP contribution in [-0.4, -0.2) is 10.9 Å². The molecular formula is C17H12O3. The zero-order valence-electron chi connectivity index (χ0n) is 10.6. The fourth-order valence-electron chi connectivity index (χ4n) is 2.02. The Morgan fingerprint density at radius 3 is 2.70 bits per heavy atom. The summed E-state index contributed by atoms with van der Waals surface area (Å²) in [5.74, 6) is -0.300. The molecule has 3 heteroatoms. The van der Waals surface area contributed by atoms with Crippen LogP contribution in [0.4, 0.5) is 0 Å². The van der Waals surface area contributed by atoms with Crippen LogP contribution in [0.2, 0.25) is 0 Å². The van der Waals surface area contributed by atoms with Crippen molar-refractivity contribution in [1.29, 1.82) is 0 Å². The van der Waals surface area contributed by atoms with E-state index in [4.69, 9.17) is 4.42 Å². The summed E-state index contributed by atoms with van der Waals surface area (Å²) in [5.41, 5.74) is 1.75. The number of fused-ring (bicyclic) bond motifs is 1. The highest BCUT2D eigenvalue weighted by atomic mass is 16.3. The molecule has 0 amide bonds. The number of rotatable bonds is 3. The van der Waals surface area contributed by atoms with E-state index in [-0.39, 0.29) is 17.1 Å². The van der Waals surface area contributed by atoms with E-state index < -0.39 is 0 Å². The smallest absolute Gasteiger partial charge is 0.189 e. The number of phenols is 1. The van der Waals surface area contributed by atoms with E-state index in [0.29, 0.717) is 5.58 Å². The predicted molar refractivity (Wildman–Crippen MR) is 77.7 cm³/mol. The van der Waals surface area contributed by atoms with Crippen molar-refractivity contribution in [1.82, 2.24) is 0 Å².